The third kappa shape index (κ3) is 3.37. The van der Waals surface area contributed by atoms with Crippen molar-refractivity contribution in [3.63, 3.8) is 0 Å². The zero-order valence-corrected chi connectivity index (χ0v) is 18.4. The fourth-order valence-electron chi connectivity index (χ4n) is 4.69. The normalized spacial score (nSPS) is 27.0. The number of hydrogen-bond acceptors (Lipinski definition) is 6. The molecule has 2 aromatic carbocycles. The SMILES string of the molecule is COc1cc(C2NC(Cc3ccccc3)(C(=O)O)C3C(=O)NC(=O)C23)cc(Br)c1OC. The van der Waals surface area contributed by atoms with E-state index in [0.29, 0.717) is 21.5 Å². The summed E-state index contributed by atoms with van der Waals surface area (Å²) in [4.78, 5) is 38.1. The highest BCUT2D eigenvalue weighted by molar-refractivity contribution is 9.10. The van der Waals surface area contributed by atoms with Gasteiger partial charge in [-0.1, -0.05) is 30.3 Å². The molecule has 0 radical (unpaired) electrons. The summed E-state index contributed by atoms with van der Waals surface area (Å²) in [6.45, 7) is 0. The molecule has 0 spiro atoms. The minimum Gasteiger partial charge on any atom is -0.493 e. The van der Waals surface area contributed by atoms with E-state index in [4.69, 9.17) is 9.47 Å². The molecular formula is C22H21BrN2O6. The van der Waals surface area contributed by atoms with E-state index in [1.165, 1.54) is 14.2 Å². The van der Waals surface area contributed by atoms with Crippen molar-refractivity contribution in [3.05, 3.63) is 58.1 Å². The van der Waals surface area contributed by atoms with Gasteiger partial charge < -0.3 is 14.6 Å². The molecule has 2 amide bonds. The Morgan fingerprint density at radius 3 is 2.45 bits per heavy atom. The highest BCUT2D eigenvalue weighted by Crippen LogP contribution is 2.49. The van der Waals surface area contributed by atoms with Crippen LogP contribution in [0, 0.1) is 11.8 Å². The number of nitrogens with one attached hydrogen (secondary N) is 2. The molecule has 8 nitrogen and oxygen atoms in total. The summed E-state index contributed by atoms with van der Waals surface area (Å²) in [5.74, 6) is -3.30. The number of halogens is 1. The zero-order chi connectivity index (χ0) is 22.3. The molecule has 2 aliphatic rings. The van der Waals surface area contributed by atoms with Gasteiger partial charge in [-0.15, -0.1) is 0 Å². The van der Waals surface area contributed by atoms with E-state index in [1.807, 2.05) is 6.07 Å². The van der Waals surface area contributed by atoms with Crippen LogP contribution in [0.25, 0.3) is 0 Å². The Hall–Kier alpha value is -2.91. The van der Waals surface area contributed by atoms with Crippen molar-refractivity contribution in [1.82, 2.24) is 10.6 Å². The van der Waals surface area contributed by atoms with Crippen LogP contribution < -0.4 is 20.1 Å². The van der Waals surface area contributed by atoms with E-state index in [9.17, 15) is 19.5 Å². The molecule has 4 atom stereocenters. The molecule has 9 heteroatoms. The molecule has 0 saturated carbocycles. The van der Waals surface area contributed by atoms with Crippen LogP contribution >= 0.6 is 15.9 Å². The van der Waals surface area contributed by atoms with Crippen molar-refractivity contribution in [2.24, 2.45) is 11.8 Å². The van der Waals surface area contributed by atoms with Gasteiger partial charge in [0.15, 0.2) is 11.5 Å². The Morgan fingerprint density at radius 1 is 1.13 bits per heavy atom. The predicted molar refractivity (Wildman–Crippen MR) is 114 cm³/mol. The van der Waals surface area contributed by atoms with Crippen LogP contribution in [0.4, 0.5) is 0 Å². The first kappa shape index (κ1) is 21.3. The molecule has 4 rings (SSSR count). The molecule has 2 heterocycles. The van der Waals surface area contributed by atoms with Gasteiger partial charge in [-0.05, 0) is 39.2 Å². The molecule has 0 aliphatic carbocycles. The molecule has 0 bridgehead atoms. The van der Waals surface area contributed by atoms with Crippen LogP contribution in [0.3, 0.4) is 0 Å². The van der Waals surface area contributed by atoms with Gasteiger partial charge in [-0.25, -0.2) is 0 Å². The van der Waals surface area contributed by atoms with Crippen LogP contribution in [-0.2, 0) is 20.8 Å². The maximum atomic E-state index is 12.8. The quantitative estimate of drug-likeness (QED) is 0.533. The third-order valence-corrected chi connectivity index (χ3v) is 6.61. The molecule has 0 aromatic heterocycles. The zero-order valence-electron chi connectivity index (χ0n) is 16.8. The van der Waals surface area contributed by atoms with Gasteiger partial charge in [0.1, 0.15) is 5.54 Å². The first-order chi connectivity index (χ1) is 14.8. The van der Waals surface area contributed by atoms with Gasteiger partial charge >= 0.3 is 5.97 Å². The lowest BCUT2D eigenvalue weighted by molar-refractivity contribution is -0.149. The Bertz CT molecular complexity index is 1060. The number of hydrogen-bond donors (Lipinski definition) is 3. The number of carboxylic acid groups (broad SMARTS) is 1. The van der Waals surface area contributed by atoms with Gasteiger partial charge in [0.25, 0.3) is 0 Å². The monoisotopic (exact) mass is 488 g/mol. The molecular weight excluding hydrogens is 468 g/mol. The van der Waals surface area contributed by atoms with E-state index in [0.717, 1.165) is 5.56 Å². The number of ether oxygens (including phenoxy) is 2. The van der Waals surface area contributed by atoms with Gasteiger partial charge in [0, 0.05) is 12.5 Å². The second kappa shape index (κ2) is 7.97. The number of fused-ring (bicyclic) bond motifs is 1. The molecule has 31 heavy (non-hydrogen) atoms. The van der Waals surface area contributed by atoms with Crippen LogP contribution in [-0.4, -0.2) is 42.6 Å². The maximum Gasteiger partial charge on any atom is 0.325 e. The van der Waals surface area contributed by atoms with Crippen LogP contribution in [0.2, 0.25) is 0 Å². The lowest BCUT2D eigenvalue weighted by Crippen LogP contribution is -2.57. The molecule has 2 aliphatic heterocycles. The minimum atomic E-state index is -1.65. The standard InChI is InChI=1S/C22H21BrN2O6/c1-30-14-9-12(8-13(23)18(14)31-2)17-15-16(20(27)24-19(15)26)22(25-17,21(28)29)10-11-6-4-3-5-7-11/h3-9,15-17,25H,10H2,1-2H3,(H,28,29)(H,24,26,27). The second-order valence-corrected chi connectivity index (χ2v) is 8.51. The number of amides is 2. The summed E-state index contributed by atoms with van der Waals surface area (Å²) in [5.41, 5.74) is -0.287. The van der Waals surface area contributed by atoms with E-state index in [1.54, 1.807) is 36.4 Å². The number of carbonyl (C=O) groups is 3. The predicted octanol–water partition coefficient (Wildman–Crippen LogP) is 2.07. The van der Waals surface area contributed by atoms with E-state index in [-0.39, 0.29) is 6.42 Å². The molecule has 4 unspecified atom stereocenters. The number of imide groups is 1. The Labute approximate surface area is 187 Å². The van der Waals surface area contributed by atoms with Crippen molar-refractivity contribution in [3.8, 4) is 11.5 Å². The van der Waals surface area contributed by atoms with Crippen molar-refractivity contribution >= 4 is 33.7 Å². The number of carboxylic acids is 1. The van der Waals surface area contributed by atoms with Crippen molar-refractivity contribution in [1.29, 1.82) is 0 Å². The summed E-state index contributed by atoms with van der Waals surface area (Å²) in [5, 5.41) is 15.8. The Balaban J connectivity index is 1.84. The summed E-state index contributed by atoms with van der Waals surface area (Å²) < 4.78 is 11.3. The first-order valence-corrected chi connectivity index (χ1v) is 10.4. The average Bonchev–Trinajstić information content (AvgIpc) is 3.25. The van der Waals surface area contributed by atoms with Crippen LogP contribution in [0.15, 0.2) is 46.9 Å². The lowest BCUT2D eigenvalue weighted by atomic mass is 9.76. The number of methoxy groups -OCH3 is 2. The summed E-state index contributed by atoms with van der Waals surface area (Å²) in [7, 11) is 2.99. The lowest BCUT2D eigenvalue weighted by Gasteiger charge is -2.30. The van der Waals surface area contributed by atoms with Gasteiger partial charge in [0.2, 0.25) is 11.8 Å². The fourth-order valence-corrected chi connectivity index (χ4v) is 5.31. The largest absolute Gasteiger partial charge is 0.493 e. The smallest absolute Gasteiger partial charge is 0.325 e. The van der Waals surface area contributed by atoms with Crippen molar-refractivity contribution in [2.45, 2.75) is 18.0 Å². The molecule has 162 valence electrons. The molecule has 3 N–H and O–H groups in total. The maximum absolute atomic E-state index is 12.8. The van der Waals surface area contributed by atoms with E-state index >= 15 is 0 Å². The average molecular weight is 489 g/mol. The Morgan fingerprint density at radius 2 is 1.84 bits per heavy atom. The van der Waals surface area contributed by atoms with Gasteiger partial charge in [-0.3, -0.25) is 25.0 Å². The van der Waals surface area contributed by atoms with Crippen LogP contribution in [0.1, 0.15) is 17.2 Å². The highest BCUT2D eigenvalue weighted by atomic mass is 79.9. The summed E-state index contributed by atoms with van der Waals surface area (Å²) in [6, 6.07) is 11.8. The van der Waals surface area contributed by atoms with Gasteiger partial charge in [-0.2, -0.15) is 0 Å². The topological polar surface area (TPSA) is 114 Å². The minimum absolute atomic E-state index is 0.0516. The van der Waals surface area contributed by atoms with E-state index < -0.39 is 41.2 Å². The number of aliphatic carboxylic acids is 1. The Kier molecular flexibility index (Phi) is 5.49. The summed E-state index contributed by atoms with van der Waals surface area (Å²) in [6.07, 6.45) is 0.0516. The van der Waals surface area contributed by atoms with Crippen molar-refractivity contribution < 1.29 is 29.0 Å². The number of carbonyl (C=O) groups excluding carboxylic acids is 2. The first-order valence-electron chi connectivity index (χ1n) is 9.63. The van der Waals surface area contributed by atoms with Crippen LogP contribution in [0.5, 0.6) is 11.5 Å². The molecule has 2 aromatic rings. The van der Waals surface area contributed by atoms with Crippen molar-refractivity contribution in [2.75, 3.05) is 14.2 Å². The second-order valence-electron chi connectivity index (χ2n) is 7.66. The number of benzene rings is 2. The van der Waals surface area contributed by atoms with E-state index in [2.05, 4.69) is 26.6 Å². The fraction of sp³-hybridized carbons (Fsp3) is 0.318. The third-order valence-electron chi connectivity index (χ3n) is 6.02. The highest BCUT2D eigenvalue weighted by Gasteiger charge is 2.66. The summed E-state index contributed by atoms with van der Waals surface area (Å²) >= 11 is 3.44. The van der Waals surface area contributed by atoms with Gasteiger partial charge in [0.05, 0.1) is 30.5 Å². The number of rotatable bonds is 6. The molecule has 2 fully saturated rings. The molecule has 2 saturated heterocycles.